The van der Waals surface area contributed by atoms with E-state index in [-0.39, 0.29) is 0 Å². The highest BCUT2D eigenvalue weighted by Gasteiger charge is 2.46. The first-order valence-electron chi connectivity index (χ1n) is 10.6. The molecule has 3 aliphatic rings. The van der Waals surface area contributed by atoms with Crippen molar-refractivity contribution in [2.75, 3.05) is 18.0 Å². The maximum absolute atomic E-state index is 12.8. The molecule has 150 valence electrons. The van der Waals surface area contributed by atoms with E-state index in [0.29, 0.717) is 23.9 Å². The highest BCUT2D eigenvalue weighted by Crippen LogP contribution is 2.41. The lowest BCUT2D eigenvalue weighted by atomic mass is 10.1. The molecule has 3 aromatic heterocycles. The lowest BCUT2D eigenvalue weighted by molar-refractivity contribution is -0.135. The van der Waals surface area contributed by atoms with Gasteiger partial charge in [0.15, 0.2) is 0 Å². The van der Waals surface area contributed by atoms with Crippen LogP contribution in [0, 0.1) is 12.8 Å². The van der Waals surface area contributed by atoms with Crippen LogP contribution in [0.2, 0.25) is 0 Å². The van der Waals surface area contributed by atoms with Crippen molar-refractivity contribution in [2.45, 2.75) is 44.7 Å². The fourth-order valence-electron chi connectivity index (χ4n) is 5.36. The monoisotopic (exact) mass is 390 g/mol. The average Bonchev–Trinajstić information content (AvgIpc) is 3.33. The number of carbonyl (C=O) groups excluding carboxylic acids is 1. The Morgan fingerprint density at radius 3 is 2.59 bits per heavy atom. The van der Waals surface area contributed by atoms with Gasteiger partial charge in [0.25, 0.3) is 0 Å². The van der Waals surface area contributed by atoms with Crippen LogP contribution in [-0.2, 0) is 11.8 Å². The zero-order chi connectivity index (χ0) is 19.7. The number of piperazine rings is 1. The van der Waals surface area contributed by atoms with Gasteiger partial charge in [-0.2, -0.15) is 5.10 Å². The Hall–Kier alpha value is -2.83. The van der Waals surface area contributed by atoms with Crippen molar-refractivity contribution < 1.29 is 4.79 Å². The second-order valence-electron chi connectivity index (χ2n) is 8.89. The summed E-state index contributed by atoms with van der Waals surface area (Å²) in [6.45, 7) is 4.00. The minimum atomic E-state index is 0.311. The molecule has 1 saturated carbocycles. The van der Waals surface area contributed by atoms with Gasteiger partial charge in [-0.05, 0) is 44.2 Å². The van der Waals surface area contributed by atoms with E-state index < -0.39 is 0 Å². The first-order chi connectivity index (χ1) is 14.1. The van der Waals surface area contributed by atoms with Crippen molar-refractivity contribution in [1.29, 1.82) is 0 Å². The number of pyridine rings is 1. The normalized spacial score (nSPS) is 23.9. The van der Waals surface area contributed by atoms with Crippen molar-refractivity contribution in [1.82, 2.24) is 24.6 Å². The Bertz CT molecular complexity index is 1100. The molecular formula is C22H26N6O. The van der Waals surface area contributed by atoms with E-state index in [0.717, 1.165) is 55.7 Å². The molecule has 0 aromatic carbocycles. The second kappa shape index (κ2) is 6.08. The molecule has 3 fully saturated rings. The first-order valence-corrected chi connectivity index (χ1v) is 10.6. The van der Waals surface area contributed by atoms with Crippen LogP contribution >= 0.6 is 0 Å². The summed E-state index contributed by atoms with van der Waals surface area (Å²) in [5.41, 5.74) is 5.52. The van der Waals surface area contributed by atoms with Crippen LogP contribution in [0.1, 0.15) is 31.2 Å². The Morgan fingerprint density at radius 2 is 1.93 bits per heavy atom. The summed E-state index contributed by atoms with van der Waals surface area (Å²) in [6, 6.07) is 2.83. The number of aromatic amines is 1. The molecule has 0 spiro atoms. The highest BCUT2D eigenvalue weighted by atomic mass is 16.2. The van der Waals surface area contributed by atoms with E-state index >= 15 is 0 Å². The van der Waals surface area contributed by atoms with Crippen molar-refractivity contribution in [3.8, 4) is 11.3 Å². The van der Waals surface area contributed by atoms with E-state index in [1.165, 1.54) is 16.6 Å². The van der Waals surface area contributed by atoms with E-state index in [1.807, 2.05) is 30.3 Å². The lowest BCUT2D eigenvalue weighted by Crippen LogP contribution is -2.56. The molecule has 2 unspecified atom stereocenters. The third kappa shape index (κ3) is 2.59. The summed E-state index contributed by atoms with van der Waals surface area (Å²) in [7, 11) is 1.93. The Balaban J connectivity index is 1.37. The number of nitrogens with one attached hydrogen (secondary N) is 1. The number of hydrogen-bond acceptors (Lipinski definition) is 4. The predicted octanol–water partition coefficient (Wildman–Crippen LogP) is 2.86. The fraction of sp³-hybridized carbons (Fsp3) is 0.500. The number of fused-ring (bicyclic) bond motifs is 3. The summed E-state index contributed by atoms with van der Waals surface area (Å²) in [4.78, 5) is 25.6. The zero-order valence-corrected chi connectivity index (χ0v) is 16.9. The van der Waals surface area contributed by atoms with Crippen molar-refractivity contribution in [3.05, 3.63) is 30.2 Å². The largest absolute Gasteiger partial charge is 0.367 e. The second-order valence-corrected chi connectivity index (χ2v) is 8.89. The summed E-state index contributed by atoms with van der Waals surface area (Å²) < 4.78 is 1.82. The maximum Gasteiger partial charge on any atom is 0.226 e. The number of rotatable bonds is 3. The van der Waals surface area contributed by atoms with Gasteiger partial charge in [0.1, 0.15) is 5.65 Å². The number of aryl methyl sites for hydroxylation is 2. The van der Waals surface area contributed by atoms with E-state index in [2.05, 4.69) is 37.9 Å². The molecule has 3 aromatic rings. The number of anilines is 1. The first kappa shape index (κ1) is 17.1. The number of H-pyrrole nitrogens is 1. The van der Waals surface area contributed by atoms with Gasteiger partial charge in [-0.1, -0.05) is 0 Å². The van der Waals surface area contributed by atoms with E-state index in [1.54, 1.807) is 0 Å². The molecule has 5 heterocycles. The van der Waals surface area contributed by atoms with Gasteiger partial charge in [0, 0.05) is 67.2 Å². The third-order valence-corrected chi connectivity index (χ3v) is 6.92. The Labute approximate surface area is 169 Å². The molecule has 0 radical (unpaired) electrons. The van der Waals surface area contributed by atoms with Crippen molar-refractivity contribution in [3.63, 3.8) is 0 Å². The summed E-state index contributed by atoms with van der Waals surface area (Å²) in [6.07, 6.45) is 10.2. The molecular weight excluding hydrogens is 364 g/mol. The molecule has 2 saturated heterocycles. The minimum Gasteiger partial charge on any atom is -0.367 e. The van der Waals surface area contributed by atoms with E-state index in [4.69, 9.17) is 0 Å². The topological polar surface area (TPSA) is 70.1 Å². The van der Waals surface area contributed by atoms with Crippen LogP contribution < -0.4 is 4.90 Å². The van der Waals surface area contributed by atoms with Gasteiger partial charge in [0.05, 0.1) is 11.9 Å². The number of nitrogens with zero attached hydrogens (tertiary/aromatic N) is 5. The van der Waals surface area contributed by atoms with Crippen LogP contribution in [0.5, 0.6) is 0 Å². The highest BCUT2D eigenvalue weighted by molar-refractivity contribution is 5.97. The third-order valence-electron chi connectivity index (χ3n) is 6.92. The smallest absolute Gasteiger partial charge is 0.226 e. The van der Waals surface area contributed by atoms with Crippen LogP contribution in [0.15, 0.2) is 24.7 Å². The molecule has 1 N–H and O–H groups in total. The molecule has 2 aliphatic heterocycles. The molecule has 6 rings (SSSR count). The van der Waals surface area contributed by atoms with Crippen LogP contribution in [0.25, 0.3) is 22.3 Å². The SMILES string of the molecule is Cc1c(-c2cnn(C)c2)[nH]c2nccc(N3CC4CCC(C3)N4C(=O)C3CC3)c12. The van der Waals surface area contributed by atoms with Crippen molar-refractivity contribution >= 4 is 22.6 Å². The van der Waals surface area contributed by atoms with Gasteiger partial charge in [-0.3, -0.25) is 9.48 Å². The molecule has 7 nitrogen and oxygen atoms in total. The lowest BCUT2D eigenvalue weighted by Gasteiger charge is -2.42. The Morgan fingerprint density at radius 1 is 1.17 bits per heavy atom. The molecule has 1 aliphatic carbocycles. The molecule has 29 heavy (non-hydrogen) atoms. The average molecular weight is 390 g/mol. The predicted molar refractivity (Wildman–Crippen MR) is 112 cm³/mol. The molecule has 2 atom stereocenters. The van der Waals surface area contributed by atoms with Crippen molar-refractivity contribution in [2.24, 2.45) is 13.0 Å². The number of hydrogen-bond donors (Lipinski definition) is 1. The van der Waals surface area contributed by atoms with Crippen LogP contribution in [-0.4, -0.2) is 55.7 Å². The molecule has 1 amide bonds. The summed E-state index contributed by atoms with van der Waals surface area (Å²) in [5.74, 6) is 0.722. The van der Waals surface area contributed by atoms with Gasteiger partial charge >= 0.3 is 0 Å². The number of aromatic nitrogens is 4. The minimum absolute atomic E-state index is 0.311. The fourth-order valence-corrected chi connectivity index (χ4v) is 5.36. The zero-order valence-electron chi connectivity index (χ0n) is 16.9. The molecule has 7 heteroatoms. The Kier molecular flexibility index (Phi) is 3.58. The van der Waals surface area contributed by atoms with Gasteiger partial charge in [-0.25, -0.2) is 4.98 Å². The molecule has 2 bridgehead atoms. The van der Waals surface area contributed by atoms with Gasteiger partial charge in [-0.15, -0.1) is 0 Å². The van der Waals surface area contributed by atoms with Crippen LogP contribution in [0.3, 0.4) is 0 Å². The number of carbonyl (C=O) groups is 1. The van der Waals surface area contributed by atoms with Crippen LogP contribution in [0.4, 0.5) is 5.69 Å². The van der Waals surface area contributed by atoms with E-state index in [9.17, 15) is 4.79 Å². The summed E-state index contributed by atoms with van der Waals surface area (Å²) >= 11 is 0. The summed E-state index contributed by atoms with van der Waals surface area (Å²) in [5, 5.41) is 5.50. The quantitative estimate of drug-likeness (QED) is 0.747. The number of amides is 1. The maximum atomic E-state index is 12.8. The van der Waals surface area contributed by atoms with Gasteiger partial charge < -0.3 is 14.8 Å². The standard InChI is InChI=1S/C22H26N6O/c1-13-19-18(7-8-23-21(19)25-20(13)15-9-24-26(2)10-15)27-11-16-5-6-17(12-27)28(16)22(29)14-3-4-14/h7-10,14,16-17H,3-6,11-12H2,1-2H3,(H,23,25). The van der Waals surface area contributed by atoms with Gasteiger partial charge in [0.2, 0.25) is 5.91 Å².